The number of aryl methyl sites for hydroxylation is 2. The molecular formula is C17H26N6O2S. The minimum absolute atomic E-state index is 0.0363. The van der Waals surface area contributed by atoms with Gasteiger partial charge in [0.15, 0.2) is 5.03 Å². The second-order valence-electron chi connectivity index (χ2n) is 7.02. The highest BCUT2D eigenvalue weighted by Gasteiger charge is 2.21. The van der Waals surface area contributed by atoms with Crippen molar-refractivity contribution in [2.45, 2.75) is 51.1 Å². The number of sulfonamides is 1. The highest BCUT2D eigenvalue weighted by Crippen LogP contribution is 2.18. The zero-order valence-electron chi connectivity index (χ0n) is 15.7. The van der Waals surface area contributed by atoms with Crippen LogP contribution in [0.3, 0.4) is 0 Å². The van der Waals surface area contributed by atoms with Crippen LogP contribution in [0.2, 0.25) is 0 Å². The molecular weight excluding hydrogens is 352 g/mol. The smallest absolute Gasteiger partial charge is 0.259 e. The van der Waals surface area contributed by atoms with E-state index in [2.05, 4.69) is 24.6 Å². The summed E-state index contributed by atoms with van der Waals surface area (Å²) in [7, 11) is -1.89. The Kier molecular flexibility index (Phi) is 5.29. The third-order valence-electron chi connectivity index (χ3n) is 4.41. The molecule has 2 aromatic heterocycles. The molecule has 1 aliphatic heterocycles. The Morgan fingerprint density at radius 1 is 1.19 bits per heavy atom. The molecule has 9 heteroatoms. The summed E-state index contributed by atoms with van der Waals surface area (Å²) in [4.78, 5) is 15.4. The summed E-state index contributed by atoms with van der Waals surface area (Å²) in [5.74, 6) is 1.56. The van der Waals surface area contributed by atoms with Crippen molar-refractivity contribution in [3.8, 4) is 0 Å². The van der Waals surface area contributed by atoms with Gasteiger partial charge in [-0.25, -0.2) is 28.1 Å². The first-order valence-electron chi connectivity index (χ1n) is 8.88. The molecule has 0 radical (unpaired) electrons. The number of aromatic nitrogens is 4. The van der Waals surface area contributed by atoms with E-state index in [1.807, 2.05) is 20.8 Å². The Bertz CT molecular complexity index is 885. The van der Waals surface area contributed by atoms with Gasteiger partial charge in [0.25, 0.3) is 10.0 Å². The largest absolute Gasteiger partial charge is 0.341 e. The summed E-state index contributed by atoms with van der Waals surface area (Å²) >= 11 is 0. The lowest BCUT2D eigenvalue weighted by Crippen LogP contribution is -2.26. The lowest BCUT2D eigenvalue weighted by atomic mass is 10.2. The van der Waals surface area contributed by atoms with E-state index in [0.29, 0.717) is 11.6 Å². The van der Waals surface area contributed by atoms with Gasteiger partial charge in [0, 0.05) is 37.9 Å². The van der Waals surface area contributed by atoms with E-state index in [0.717, 1.165) is 37.4 Å². The molecule has 3 heterocycles. The standard InChI is InChI=1S/C17H26N6O2S/c1-12(2)16-21-15(11-22(16)4)26(24,25)18-10-14-9-13(3)19-17(20-14)23-7-5-6-8-23/h9,11-12,18H,5-8,10H2,1-4H3. The summed E-state index contributed by atoms with van der Waals surface area (Å²) < 4.78 is 29.5. The first kappa shape index (κ1) is 18.8. The SMILES string of the molecule is Cc1cc(CNS(=O)(=O)c2cn(C)c(C(C)C)n2)nc(N2CCCC2)n1. The molecule has 3 rings (SSSR count). The summed E-state index contributed by atoms with van der Waals surface area (Å²) in [5, 5.41) is 0.0363. The second kappa shape index (κ2) is 7.32. The van der Waals surface area contributed by atoms with Crippen molar-refractivity contribution >= 4 is 16.0 Å². The van der Waals surface area contributed by atoms with E-state index in [1.54, 1.807) is 23.9 Å². The van der Waals surface area contributed by atoms with Gasteiger partial charge >= 0.3 is 0 Å². The molecule has 1 fully saturated rings. The topological polar surface area (TPSA) is 93.0 Å². The zero-order valence-corrected chi connectivity index (χ0v) is 16.5. The van der Waals surface area contributed by atoms with Crippen LogP contribution < -0.4 is 9.62 Å². The quantitative estimate of drug-likeness (QED) is 0.823. The van der Waals surface area contributed by atoms with Gasteiger partial charge in [-0.15, -0.1) is 0 Å². The van der Waals surface area contributed by atoms with Crippen molar-refractivity contribution < 1.29 is 8.42 Å². The zero-order chi connectivity index (χ0) is 18.9. The maximum absolute atomic E-state index is 12.6. The average molecular weight is 379 g/mol. The number of anilines is 1. The van der Waals surface area contributed by atoms with Crippen LogP contribution in [0.5, 0.6) is 0 Å². The van der Waals surface area contributed by atoms with Crippen LogP contribution in [0, 0.1) is 6.92 Å². The van der Waals surface area contributed by atoms with Gasteiger partial charge in [-0.3, -0.25) is 0 Å². The Morgan fingerprint density at radius 3 is 2.50 bits per heavy atom. The molecule has 142 valence electrons. The van der Waals surface area contributed by atoms with Crippen molar-refractivity contribution in [1.29, 1.82) is 0 Å². The average Bonchev–Trinajstić information content (AvgIpc) is 3.22. The molecule has 8 nitrogen and oxygen atoms in total. The maximum atomic E-state index is 12.6. The van der Waals surface area contributed by atoms with E-state index in [9.17, 15) is 8.42 Å². The Morgan fingerprint density at radius 2 is 1.88 bits per heavy atom. The number of rotatable bonds is 6. The van der Waals surface area contributed by atoms with Crippen LogP contribution in [0.4, 0.5) is 5.95 Å². The van der Waals surface area contributed by atoms with Crippen LogP contribution in [0.25, 0.3) is 0 Å². The van der Waals surface area contributed by atoms with Gasteiger partial charge < -0.3 is 9.47 Å². The van der Waals surface area contributed by atoms with Gasteiger partial charge in [0.1, 0.15) is 5.82 Å². The van der Waals surface area contributed by atoms with Crippen LogP contribution >= 0.6 is 0 Å². The number of imidazole rings is 1. The van der Waals surface area contributed by atoms with Crippen molar-refractivity contribution in [1.82, 2.24) is 24.2 Å². The fourth-order valence-corrected chi connectivity index (χ4v) is 4.12. The van der Waals surface area contributed by atoms with Crippen molar-refractivity contribution in [2.75, 3.05) is 18.0 Å². The van der Waals surface area contributed by atoms with Gasteiger partial charge in [0.2, 0.25) is 5.95 Å². The van der Waals surface area contributed by atoms with E-state index in [-0.39, 0.29) is 17.5 Å². The van der Waals surface area contributed by atoms with Crippen molar-refractivity contribution in [2.24, 2.45) is 7.05 Å². The number of hydrogen-bond donors (Lipinski definition) is 1. The Labute approximate surface area is 154 Å². The maximum Gasteiger partial charge on any atom is 0.259 e. The monoisotopic (exact) mass is 378 g/mol. The van der Waals surface area contributed by atoms with E-state index in [1.165, 1.54) is 0 Å². The molecule has 0 unspecified atom stereocenters. The highest BCUT2D eigenvalue weighted by atomic mass is 32.2. The van der Waals surface area contributed by atoms with Gasteiger partial charge in [-0.1, -0.05) is 13.8 Å². The molecule has 2 aromatic rings. The van der Waals surface area contributed by atoms with Gasteiger partial charge in [0.05, 0.1) is 12.2 Å². The summed E-state index contributed by atoms with van der Waals surface area (Å²) in [5.41, 5.74) is 1.49. The van der Waals surface area contributed by atoms with Crippen molar-refractivity contribution in [3.63, 3.8) is 0 Å². The number of nitrogens with one attached hydrogen (secondary N) is 1. The van der Waals surface area contributed by atoms with Crippen LogP contribution in [0.15, 0.2) is 17.3 Å². The van der Waals surface area contributed by atoms with Gasteiger partial charge in [-0.05, 0) is 25.8 Å². The summed E-state index contributed by atoms with van der Waals surface area (Å²) in [6.07, 6.45) is 3.81. The first-order valence-corrected chi connectivity index (χ1v) is 10.4. The number of hydrogen-bond acceptors (Lipinski definition) is 6. The molecule has 1 saturated heterocycles. The molecule has 26 heavy (non-hydrogen) atoms. The predicted molar refractivity (Wildman–Crippen MR) is 99.5 cm³/mol. The molecule has 0 aromatic carbocycles. The summed E-state index contributed by atoms with van der Waals surface area (Å²) in [6.45, 7) is 7.86. The van der Waals surface area contributed by atoms with Gasteiger partial charge in [-0.2, -0.15) is 0 Å². The lowest BCUT2D eigenvalue weighted by Gasteiger charge is -2.16. The molecule has 1 aliphatic rings. The third-order valence-corrected chi connectivity index (χ3v) is 5.68. The third kappa shape index (κ3) is 4.04. The molecule has 0 amide bonds. The lowest BCUT2D eigenvalue weighted by molar-refractivity contribution is 0.576. The van der Waals surface area contributed by atoms with Crippen molar-refractivity contribution in [3.05, 3.63) is 29.5 Å². The second-order valence-corrected chi connectivity index (χ2v) is 8.74. The molecule has 0 saturated carbocycles. The fraction of sp³-hybridized carbons (Fsp3) is 0.588. The molecule has 0 atom stereocenters. The van der Waals surface area contributed by atoms with E-state index in [4.69, 9.17) is 0 Å². The van der Waals surface area contributed by atoms with Crippen LogP contribution in [-0.2, 0) is 23.6 Å². The molecule has 0 bridgehead atoms. The molecule has 1 N–H and O–H groups in total. The number of nitrogens with zero attached hydrogens (tertiary/aromatic N) is 5. The minimum atomic E-state index is -3.69. The minimum Gasteiger partial charge on any atom is -0.341 e. The predicted octanol–water partition coefficient (Wildman–Crippen LogP) is 1.72. The fourth-order valence-electron chi connectivity index (χ4n) is 3.13. The molecule has 0 aliphatic carbocycles. The first-order chi connectivity index (χ1) is 12.3. The molecule has 0 spiro atoms. The van der Waals surface area contributed by atoms with Crippen LogP contribution in [-0.4, -0.2) is 41.0 Å². The van der Waals surface area contributed by atoms with E-state index < -0.39 is 10.0 Å². The Hall–Kier alpha value is -2.00. The summed E-state index contributed by atoms with van der Waals surface area (Å²) in [6, 6.07) is 1.81. The highest BCUT2D eigenvalue weighted by molar-refractivity contribution is 7.89. The normalized spacial score (nSPS) is 15.2. The van der Waals surface area contributed by atoms with Crippen LogP contribution in [0.1, 0.15) is 49.8 Å². The Balaban J connectivity index is 1.76. The van der Waals surface area contributed by atoms with E-state index >= 15 is 0 Å².